The van der Waals surface area contributed by atoms with Crippen LogP contribution in [0.15, 0.2) is 58.5 Å². The molecule has 180 valence electrons. The molecular formula is C27H33N3O3S. The smallest absolute Gasteiger partial charge is 0.285 e. The third kappa shape index (κ3) is 4.94. The topological polar surface area (TPSA) is 78.8 Å². The number of hydrogen-bond donors (Lipinski definition) is 1. The summed E-state index contributed by atoms with van der Waals surface area (Å²) in [6, 6.07) is 15.7. The summed E-state index contributed by atoms with van der Waals surface area (Å²) in [6.07, 6.45) is 1.34. The van der Waals surface area contributed by atoms with Crippen molar-refractivity contribution in [2.75, 3.05) is 13.1 Å². The molecule has 1 fully saturated rings. The number of carbonyl (C=O) groups excluding carboxylic acids is 1. The molecule has 1 amide bonds. The monoisotopic (exact) mass is 479 g/mol. The fraction of sp³-hybridized carbons (Fsp3) is 0.407. The van der Waals surface area contributed by atoms with Gasteiger partial charge in [-0.1, -0.05) is 62.4 Å². The van der Waals surface area contributed by atoms with E-state index in [9.17, 15) is 13.2 Å². The lowest BCUT2D eigenvalue weighted by Gasteiger charge is -2.33. The molecule has 34 heavy (non-hydrogen) atoms. The average Bonchev–Trinajstić information content (AvgIpc) is 3.07. The van der Waals surface area contributed by atoms with E-state index in [2.05, 4.69) is 23.6 Å². The van der Waals surface area contributed by atoms with Crippen LogP contribution in [0.2, 0.25) is 0 Å². The molecule has 0 spiro atoms. The Balaban J connectivity index is 1.41. The summed E-state index contributed by atoms with van der Waals surface area (Å²) in [5.41, 5.74) is 4.80. The molecule has 2 aromatic carbocycles. The maximum absolute atomic E-state index is 12.9. The summed E-state index contributed by atoms with van der Waals surface area (Å²) in [5, 5.41) is 3.06. The zero-order chi connectivity index (χ0) is 24.5. The first kappa shape index (κ1) is 24.2. The molecule has 0 saturated carbocycles. The van der Waals surface area contributed by atoms with E-state index in [0.717, 1.165) is 11.1 Å². The van der Waals surface area contributed by atoms with Gasteiger partial charge in [0.05, 0.1) is 0 Å². The van der Waals surface area contributed by atoms with Crippen LogP contribution in [0.4, 0.5) is 0 Å². The number of carbonyl (C=O) groups is 1. The molecule has 1 N–H and O–H groups in total. The average molecular weight is 480 g/mol. The van der Waals surface area contributed by atoms with E-state index in [1.807, 2.05) is 67.3 Å². The van der Waals surface area contributed by atoms with Gasteiger partial charge < -0.3 is 10.2 Å². The van der Waals surface area contributed by atoms with Crippen molar-refractivity contribution in [3.05, 3.63) is 76.4 Å². The standard InChI is InChI=1S/C27H33N3O3S/c1-18(2)21-9-11-22(12-10-21)25-20(4)26(29-34(25,32)33)30-15-13-23(14-16-30)27(31)28-17-24-8-6-5-7-19(24)3/h5-12,18,23H,13-17H2,1-4H3,(H,28,31). The number of piperidine rings is 1. The Morgan fingerprint density at radius 3 is 2.32 bits per heavy atom. The zero-order valence-corrected chi connectivity index (χ0v) is 21.2. The van der Waals surface area contributed by atoms with Gasteiger partial charge >= 0.3 is 0 Å². The fourth-order valence-electron chi connectivity index (χ4n) is 4.69. The van der Waals surface area contributed by atoms with Crippen molar-refractivity contribution in [3.63, 3.8) is 0 Å². The highest BCUT2D eigenvalue weighted by atomic mass is 32.2. The molecule has 2 heterocycles. The van der Waals surface area contributed by atoms with Crippen LogP contribution in [-0.4, -0.2) is 38.2 Å². The molecule has 2 aliphatic heterocycles. The van der Waals surface area contributed by atoms with Gasteiger partial charge in [-0.05, 0) is 54.9 Å². The molecule has 0 aromatic heterocycles. The quantitative estimate of drug-likeness (QED) is 0.679. The van der Waals surface area contributed by atoms with Crippen LogP contribution in [0.5, 0.6) is 0 Å². The van der Waals surface area contributed by atoms with E-state index in [0.29, 0.717) is 55.4 Å². The first-order chi connectivity index (χ1) is 16.2. The number of aryl methyl sites for hydroxylation is 1. The summed E-state index contributed by atoms with van der Waals surface area (Å²) in [5.74, 6) is 0.876. The van der Waals surface area contributed by atoms with Gasteiger partial charge in [-0.2, -0.15) is 8.42 Å². The lowest BCUT2D eigenvalue weighted by atomic mass is 9.95. The van der Waals surface area contributed by atoms with Gasteiger partial charge in [0.15, 0.2) is 0 Å². The number of amides is 1. The molecule has 7 heteroatoms. The van der Waals surface area contributed by atoms with Crippen LogP contribution in [-0.2, 0) is 21.4 Å². The number of nitrogens with zero attached hydrogens (tertiary/aromatic N) is 2. The second-order valence-corrected chi connectivity index (χ2v) is 11.1. The highest BCUT2D eigenvalue weighted by Crippen LogP contribution is 2.35. The third-order valence-corrected chi connectivity index (χ3v) is 8.33. The lowest BCUT2D eigenvalue weighted by molar-refractivity contribution is -0.126. The van der Waals surface area contributed by atoms with Gasteiger partial charge in [-0.3, -0.25) is 4.79 Å². The fourth-order valence-corrected chi connectivity index (χ4v) is 6.17. The largest absolute Gasteiger partial charge is 0.356 e. The Morgan fingerprint density at radius 1 is 1.06 bits per heavy atom. The van der Waals surface area contributed by atoms with E-state index in [1.165, 1.54) is 5.56 Å². The molecule has 0 aliphatic carbocycles. The third-order valence-electron chi connectivity index (χ3n) is 6.86. The highest BCUT2D eigenvalue weighted by Gasteiger charge is 2.35. The minimum atomic E-state index is -3.75. The summed E-state index contributed by atoms with van der Waals surface area (Å²) >= 11 is 0. The second-order valence-electron chi connectivity index (χ2n) is 9.53. The minimum absolute atomic E-state index is 0.0575. The van der Waals surface area contributed by atoms with Crippen molar-refractivity contribution in [2.24, 2.45) is 10.3 Å². The van der Waals surface area contributed by atoms with Gasteiger partial charge in [-0.15, -0.1) is 4.40 Å². The number of amidine groups is 1. The summed E-state index contributed by atoms with van der Waals surface area (Å²) in [6.45, 7) is 9.83. The highest BCUT2D eigenvalue weighted by molar-refractivity contribution is 8.00. The van der Waals surface area contributed by atoms with Crippen LogP contribution >= 0.6 is 0 Å². The summed E-state index contributed by atoms with van der Waals surface area (Å²) < 4.78 is 30.0. The normalized spacial score (nSPS) is 18.4. The number of hydrogen-bond acceptors (Lipinski definition) is 4. The van der Waals surface area contributed by atoms with E-state index in [-0.39, 0.29) is 16.7 Å². The molecule has 1 saturated heterocycles. The number of benzene rings is 2. The van der Waals surface area contributed by atoms with Crippen molar-refractivity contribution >= 4 is 26.7 Å². The number of likely N-dealkylation sites (tertiary alicyclic amines) is 1. The van der Waals surface area contributed by atoms with Crippen LogP contribution in [0, 0.1) is 12.8 Å². The van der Waals surface area contributed by atoms with Crippen LogP contribution < -0.4 is 5.32 Å². The van der Waals surface area contributed by atoms with Crippen LogP contribution in [0.3, 0.4) is 0 Å². The first-order valence-corrected chi connectivity index (χ1v) is 13.3. The number of sulfonamides is 1. The Hall–Kier alpha value is -2.93. The number of rotatable bonds is 5. The molecular weight excluding hydrogens is 446 g/mol. The van der Waals surface area contributed by atoms with Gasteiger partial charge in [0.1, 0.15) is 10.7 Å². The van der Waals surface area contributed by atoms with E-state index < -0.39 is 10.0 Å². The van der Waals surface area contributed by atoms with Gasteiger partial charge in [0, 0.05) is 31.1 Å². The first-order valence-electron chi connectivity index (χ1n) is 11.9. The summed E-state index contributed by atoms with van der Waals surface area (Å²) in [4.78, 5) is 15.0. The maximum Gasteiger partial charge on any atom is 0.285 e. The van der Waals surface area contributed by atoms with E-state index >= 15 is 0 Å². The molecule has 0 atom stereocenters. The Morgan fingerprint density at radius 2 is 1.71 bits per heavy atom. The minimum Gasteiger partial charge on any atom is -0.356 e. The second kappa shape index (κ2) is 9.74. The van der Waals surface area contributed by atoms with Crippen molar-refractivity contribution in [3.8, 4) is 0 Å². The Kier molecular flexibility index (Phi) is 6.94. The van der Waals surface area contributed by atoms with Gasteiger partial charge in [0.25, 0.3) is 10.0 Å². The number of nitrogens with one attached hydrogen (secondary N) is 1. The molecule has 2 aromatic rings. The van der Waals surface area contributed by atoms with Crippen molar-refractivity contribution < 1.29 is 13.2 Å². The lowest BCUT2D eigenvalue weighted by Crippen LogP contribution is -2.43. The van der Waals surface area contributed by atoms with Crippen LogP contribution in [0.25, 0.3) is 4.91 Å². The van der Waals surface area contributed by atoms with Crippen molar-refractivity contribution in [1.82, 2.24) is 10.2 Å². The summed E-state index contributed by atoms with van der Waals surface area (Å²) in [7, 11) is -3.75. The molecule has 6 nitrogen and oxygen atoms in total. The zero-order valence-electron chi connectivity index (χ0n) is 20.3. The molecule has 2 aliphatic rings. The van der Waals surface area contributed by atoms with E-state index in [4.69, 9.17) is 0 Å². The van der Waals surface area contributed by atoms with Crippen molar-refractivity contribution in [2.45, 2.75) is 53.0 Å². The van der Waals surface area contributed by atoms with E-state index in [1.54, 1.807) is 0 Å². The Labute approximate surface area is 202 Å². The predicted octanol–water partition coefficient (Wildman–Crippen LogP) is 4.62. The van der Waals surface area contributed by atoms with Gasteiger partial charge in [-0.25, -0.2) is 0 Å². The molecule has 4 rings (SSSR count). The molecule has 0 bridgehead atoms. The SMILES string of the molecule is CC1=C(c2ccc(C(C)C)cc2)S(=O)(=O)N=C1N1CCC(C(=O)NCc2ccccc2C)CC1. The molecule has 0 unspecified atom stereocenters. The van der Waals surface area contributed by atoms with Crippen molar-refractivity contribution in [1.29, 1.82) is 0 Å². The Bertz CT molecular complexity index is 1240. The van der Waals surface area contributed by atoms with Crippen LogP contribution in [0.1, 0.15) is 61.8 Å². The predicted molar refractivity (Wildman–Crippen MR) is 137 cm³/mol. The molecule has 0 radical (unpaired) electrons. The maximum atomic E-state index is 12.9. The van der Waals surface area contributed by atoms with Gasteiger partial charge in [0.2, 0.25) is 5.91 Å².